The van der Waals surface area contributed by atoms with E-state index in [2.05, 4.69) is 0 Å². The molecule has 0 aliphatic heterocycles. The van der Waals surface area contributed by atoms with Gasteiger partial charge in [-0.15, -0.1) is 11.3 Å². The van der Waals surface area contributed by atoms with Gasteiger partial charge in [-0.25, -0.2) is 4.98 Å². The van der Waals surface area contributed by atoms with Crippen LogP contribution in [0.3, 0.4) is 0 Å². The first-order valence-corrected chi connectivity index (χ1v) is 10.3. The second-order valence-corrected chi connectivity index (χ2v) is 9.71. The highest BCUT2D eigenvalue weighted by molar-refractivity contribution is 7.89. The van der Waals surface area contributed by atoms with Gasteiger partial charge < -0.3 is 4.57 Å². The summed E-state index contributed by atoms with van der Waals surface area (Å²) >= 11 is 1.53. The number of fused-ring (bicyclic) bond motifs is 1. The van der Waals surface area contributed by atoms with Crippen molar-refractivity contribution in [1.82, 2.24) is 4.98 Å². The van der Waals surface area contributed by atoms with Crippen LogP contribution in [-0.4, -0.2) is 4.98 Å². The van der Waals surface area contributed by atoms with Crippen LogP contribution in [0.5, 0.6) is 0 Å². The molecule has 0 saturated heterocycles. The van der Waals surface area contributed by atoms with Crippen molar-refractivity contribution in [2.24, 2.45) is 0 Å². The largest absolute Gasteiger partial charge is 0.306 e. The molecule has 24 heavy (non-hydrogen) atoms. The molecule has 0 bridgehead atoms. The van der Waals surface area contributed by atoms with Gasteiger partial charge in [0.1, 0.15) is 0 Å². The van der Waals surface area contributed by atoms with Crippen molar-refractivity contribution >= 4 is 44.1 Å². The molecule has 0 saturated carbocycles. The maximum Gasteiger partial charge on any atom is 0.198 e. The van der Waals surface area contributed by atoms with E-state index >= 15 is 0 Å². The van der Waals surface area contributed by atoms with Crippen molar-refractivity contribution < 1.29 is 4.57 Å². The number of hydrogen-bond acceptors (Lipinski definition) is 3. The maximum absolute atomic E-state index is 14.2. The molecule has 1 heterocycles. The zero-order chi connectivity index (χ0) is 16.6. The molecule has 2 nitrogen and oxygen atoms in total. The zero-order valence-electron chi connectivity index (χ0n) is 13.2. The van der Waals surface area contributed by atoms with Crippen LogP contribution in [0.4, 0.5) is 0 Å². The summed E-state index contributed by atoms with van der Waals surface area (Å²) in [5.41, 5.74) is 2.06. The Morgan fingerprint density at radius 1 is 0.792 bits per heavy atom. The fraction of sp³-hybridized carbons (Fsp3) is 0.0500. The van der Waals surface area contributed by atoms with Gasteiger partial charge in [0.15, 0.2) is 11.9 Å². The molecule has 0 fully saturated rings. The summed E-state index contributed by atoms with van der Waals surface area (Å²) in [7, 11) is -2.96. The highest BCUT2D eigenvalue weighted by Gasteiger charge is 2.33. The van der Waals surface area contributed by atoms with Crippen LogP contribution in [0.2, 0.25) is 0 Å². The third-order valence-electron chi connectivity index (χ3n) is 4.12. The lowest BCUT2D eigenvalue weighted by molar-refractivity contribution is 0.592. The Balaban J connectivity index is 2.03. The zero-order valence-corrected chi connectivity index (χ0v) is 14.9. The predicted octanol–water partition coefficient (Wildman–Crippen LogP) is 4.24. The summed E-state index contributed by atoms with van der Waals surface area (Å²) in [6, 6.07) is 25.5. The number of thiazole rings is 1. The minimum atomic E-state index is -2.96. The number of hydrogen-bond donors (Lipinski definition) is 0. The predicted molar refractivity (Wildman–Crippen MR) is 104 cm³/mol. The minimum Gasteiger partial charge on any atom is -0.306 e. The van der Waals surface area contributed by atoms with Gasteiger partial charge in [-0.1, -0.05) is 72.8 Å². The number of nitrogens with zero attached hydrogens (tertiary/aromatic N) is 1. The summed E-state index contributed by atoms with van der Waals surface area (Å²) in [5.74, 6) is 0. The average molecular weight is 349 g/mol. The van der Waals surface area contributed by atoms with E-state index in [1.165, 1.54) is 11.3 Å². The molecule has 118 valence electrons. The van der Waals surface area contributed by atoms with Gasteiger partial charge in [0.2, 0.25) is 0 Å². The van der Waals surface area contributed by atoms with Gasteiger partial charge in [-0.3, -0.25) is 0 Å². The second-order valence-electron chi connectivity index (χ2n) is 5.70. The molecule has 4 rings (SSSR count). The molecular formula is C20H16NOPS. The topological polar surface area (TPSA) is 30.0 Å². The average Bonchev–Trinajstić information content (AvgIpc) is 3.09. The van der Waals surface area contributed by atoms with E-state index in [4.69, 9.17) is 4.98 Å². The molecule has 3 aromatic carbocycles. The first-order valence-electron chi connectivity index (χ1n) is 7.77. The van der Waals surface area contributed by atoms with E-state index in [9.17, 15) is 4.57 Å². The Morgan fingerprint density at radius 3 is 1.92 bits per heavy atom. The minimum absolute atomic E-state index is 0.698. The Morgan fingerprint density at radius 2 is 1.38 bits per heavy atom. The number of benzene rings is 3. The standard InChI is InChI=1S/C20H16NOPS/c1-15-9-8-14-18-19(15)21-20(24-18)23(22,16-10-4-2-5-11-16)17-12-6-3-7-13-17/h2-14H,1H3. The molecule has 0 aliphatic carbocycles. The van der Waals surface area contributed by atoms with Gasteiger partial charge in [0.25, 0.3) is 0 Å². The molecule has 0 N–H and O–H groups in total. The lowest BCUT2D eigenvalue weighted by atomic mass is 10.2. The summed E-state index contributed by atoms with van der Waals surface area (Å²) in [5, 5.41) is 1.65. The van der Waals surface area contributed by atoms with E-state index in [1.807, 2.05) is 85.8 Å². The van der Waals surface area contributed by atoms with Crippen molar-refractivity contribution in [2.75, 3.05) is 0 Å². The highest BCUT2D eigenvalue weighted by atomic mass is 32.1. The van der Waals surface area contributed by atoms with Crippen molar-refractivity contribution in [3.63, 3.8) is 0 Å². The quantitative estimate of drug-likeness (QED) is 0.518. The molecule has 4 heteroatoms. The van der Waals surface area contributed by atoms with E-state index in [1.54, 1.807) is 0 Å². The van der Waals surface area contributed by atoms with E-state index in [0.29, 0.717) is 4.75 Å². The fourth-order valence-corrected chi connectivity index (χ4v) is 7.24. The Bertz CT molecular complexity index is 998. The van der Waals surface area contributed by atoms with Crippen LogP contribution < -0.4 is 15.4 Å². The molecule has 1 aromatic heterocycles. The van der Waals surface area contributed by atoms with Gasteiger partial charge in [0.05, 0.1) is 10.2 Å². The van der Waals surface area contributed by atoms with E-state index in [-0.39, 0.29) is 0 Å². The van der Waals surface area contributed by atoms with Gasteiger partial charge in [0, 0.05) is 10.6 Å². The summed E-state index contributed by atoms with van der Waals surface area (Å²) in [6.45, 7) is 2.04. The van der Waals surface area contributed by atoms with Crippen LogP contribution in [0.15, 0.2) is 78.9 Å². The van der Waals surface area contributed by atoms with Crippen molar-refractivity contribution in [2.45, 2.75) is 6.92 Å². The molecule has 0 aliphatic rings. The second kappa shape index (κ2) is 6.01. The highest BCUT2D eigenvalue weighted by Crippen LogP contribution is 2.44. The Labute approximate surface area is 145 Å². The maximum atomic E-state index is 14.2. The Hall–Kier alpha value is -2.22. The van der Waals surface area contributed by atoms with E-state index in [0.717, 1.165) is 26.4 Å². The van der Waals surface area contributed by atoms with E-state index < -0.39 is 7.14 Å². The molecule has 0 unspecified atom stereocenters. The lowest BCUT2D eigenvalue weighted by Gasteiger charge is -2.16. The van der Waals surface area contributed by atoms with Crippen LogP contribution >= 0.6 is 18.5 Å². The summed E-state index contributed by atoms with van der Waals surface area (Å²) in [4.78, 5) is 4.79. The van der Waals surface area contributed by atoms with Crippen molar-refractivity contribution in [3.8, 4) is 0 Å². The third-order valence-corrected chi connectivity index (χ3v) is 8.68. The first kappa shape index (κ1) is 15.3. The number of aromatic nitrogens is 1. The van der Waals surface area contributed by atoms with Crippen molar-refractivity contribution in [1.29, 1.82) is 0 Å². The molecule has 0 radical (unpaired) electrons. The molecule has 0 spiro atoms. The smallest absolute Gasteiger partial charge is 0.198 e. The lowest BCUT2D eigenvalue weighted by Crippen LogP contribution is -2.24. The monoisotopic (exact) mass is 349 g/mol. The molecule has 0 atom stereocenters. The first-order chi connectivity index (χ1) is 11.7. The van der Waals surface area contributed by atoms with Crippen LogP contribution in [-0.2, 0) is 4.57 Å². The van der Waals surface area contributed by atoms with Crippen LogP contribution in [0.25, 0.3) is 10.2 Å². The van der Waals surface area contributed by atoms with Gasteiger partial charge >= 0.3 is 0 Å². The number of aryl methyl sites for hydroxylation is 1. The SMILES string of the molecule is Cc1cccc2sc(P(=O)(c3ccccc3)c3ccccc3)nc12. The fourth-order valence-electron chi connectivity index (χ4n) is 2.85. The van der Waals surface area contributed by atoms with Crippen molar-refractivity contribution in [3.05, 3.63) is 84.4 Å². The van der Waals surface area contributed by atoms with Gasteiger partial charge in [-0.2, -0.15) is 0 Å². The summed E-state index contributed by atoms with van der Waals surface area (Å²) < 4.78 is 16.0. The normalized spacial score (nSPS) is 11.7. The molecule has 0 amide bonds. The molecule has 4 aromatic rings. The van der Waals surface area contributed by atoms with Crippen LogP contribution in [0.1, 0.15) is 5.56 Å². The summed E-state index contributed by atoms with van der Waals surface area (Å²) in [6.07, 6.45) is 0. The number of rotatable bonds is 3. The third kappa shape index (κ3) is 2.41. The van der Waals surface area contributed by atoms with Gasteiger partial charge in [-0.05, 0) is 18.6 Å². The van der Waals surface area contributed by atoms with Crippen LogP contribution in [0, 0.1) is 6.92 Å². The number of para-hydroxylation sites is 1. The molecular weight excluding hydrogens is 333 g/mol. The Kier molecular flexibility index (Phi) is 3.84.